The third-order valence-electron chi connectivity index (χ3n) is 4.01. The van der Waals surface area contributed by atoms with Crippen LogP contribution in [0.3, 0.4) is 0 Å². The summed E-state index contributed by atoms with van der Waals surface area (Å²) < 4.78 is 0. The Labute approximate surface area is 89.5 Å². The molecule has 14 heavy (non-hydrogen) atoms. The molecule has 1 saturated carbocycles. The molecule has 1 rings (SSSR count). The van der Waals surface area contributed by atoms with Crippen molar-refractivity contribution in [1.29, 1.82) is 0 Å². The largest absolute Gasteiger partial charge is 0.330 e. The van der Waals surface area contributed by atoms with E-state index >= 15 is 0 Å². The van der Waals surface area contributed by atoms with Crippen LogP contribution in [-0.4, -0.2) is 6.54 Å². The topological polar surface area (TPSA) is 26.0 Å². The molecule has 1 nitrogen and oxygen atoms in total. The zero-order chi connectivity index (χ0) is 10.6. The second-order valence-corrected chi connectivity index (χ2v) is 5.37. The summed E-state index contributed by atoms with van der Waals surface area (Å²) in [5.74, 6) is 3.52. The zero-order valence-corrected chi connectivity index (χ0v) is 10.1. The first-order valence-corrected chi connectivity index (χ1v) is 6.39. The second-order valence-electron chi connectivity index (χ2n) is 5.37. The molecule has 1 aliphatic carbocycles. The van der Waals surface area contributed by atoms with Gasteiger partial charge in [-0.05, 0) is 43.1 Å². The molecule has 0 radical (unpaired) electrons. The van der Waals surface area contributed by atoms with Crippen LogP contribution in [0.25, 0.3) is 0 Å². The molecule has 3 atom stereocenters. The van der Waals surface area contributed by atoms with Crippen LogP contribution < -0.4 is 5.73 Å². The van der Waals surface area contributed by atoms with Crippen molar-refractivity contribution >= 4 is 0 Å². The first kappa shape index (κ1) is 12.0. The minimum atomic E-state index is 0.808. The molecule has 1 heteroatoms. The van der Waals surface area contributed by atoms with Gasteiger partial charge in [-0.25, -0.2) is 0 Å². The highest BCUT2D eigenvalue weighted by molar-refractivity contribution is 4.82. The molecule has 0 aromatic rings. The molecular formula is C13H27N. The van der Waals surface area contributed by atoms with E-state index in [4.69, 9.17) is 5.73 Å². The van der Waals surface area contributed by atoms with E-state index in [1.807, 2.05) is 0 Å². The van der Waals surface area contributed by atoms with Crippen LogP contribution in [0, 0.1) is 23.7 Å². The van der Waals surface area contributed by atoms with E-state index in [1.54, 1.807) is 0 Å². The maximum absolute atomic E-state index is 5.85. The summed E-state index contributed by atoms with van der Waals surface area (Å²) in [5, 5.41) is 0. The van der Waals surface area contributed by atoms with E-state index in [0.717, 1.165) is 30.2 Å². The predicted octanol–water partition coefficient (Wildman–Crippen LogP) is 3.43. The van der Waals surface area contributed by atoms with Gasteiger partial charge in [-0.2, -0.15) is 0 Å². The average molecular weight is 197 g/mol. The molecule has 1 aliphatic rings. The van der Waals surface area contributed by atoms with Crippen LogP contribution in [0.5, 0.6) is 0 Å². The highest BCUT2D eigenvalue weighted by Crippen LogP contribution is 2.39. The summed E-state index contributed by atoms with van der Waals surface area (Å²) in [4.78, 5) is 0. The average Bonchev–Trinajstić information content (AvgIpc) is 2.18. The molecule has 0 bridgehead atoms. The Morgan fingerprint density at radius 2 is 2.00 bits per heavy atom. The van der Waals surface area contributed by atoms with Crippen LogP contribution in [0.2, 0.25) is 0 Å². The van der Waals surface area contributed by atoms with Crippen molar-refractivity contribution < 1.29 is 0 Å². The lowest BCUT2D eigenvalue weighted by Gasteiger charge is -2.38. The summed E-state index contributed by atoms with van der Waals surface area (Å²) in [6.45, 7) is 7.93. The highest BCUT2D eigenvalue weighted by Gasteiger charge is 2.30. The maximum atomic E-state index is 5.85. The van der Waals surface area contributed by atoms with Crippen molar-refractivity contribution in [2.75, 3.05) is 6.54 Å². The van der Waals surface area contributed by atoms with Crippen LogP contribution in [-0.2, 0) is 0 Å². The molecule has 0 saturated heterocycles. The molecule has 0 aliphatic heterocycles. The summed E-state index contributed by atoms with van der Waals surface area (Å²) in [6.07, 6.45) is 7.03. The lowest BCUT2D eigenvalue weighted by Crippen LogP contribution is -2.33. The fourth-order valence-electron chi connectivity index (χ4n) is 3.14. The third-order valence-corrected chi connectivity index (χ3v) is 4.01. The quantitative estimate of drug-likeness (QED) is 0.734. The van der Waals surface area contributed by atoms with Crippen molar-refractivity contribution in [3.05, 3.63) is 0 Å². The molecule has 0 aromatic heterocycles. The molecule has 2 N–H and O–H groups in total. The van der Waals surface area contributed by atoms with Gasteiger partial charge in [0.1, 0.15) is 0 Å². The van der Waals surface area contributed by atoms with Gasteiger partial charge in [-0.3, -0.25) is 0 Å². The first-order chi connectivity index (χ1) is 6.69. The van der Waals surface area contributed by atoms with Crippen LogP contribution >= 0.6 is 0 Å². The van der Waals surface area contributed by atoms with Crippen LogP contribution in [0.4, 0.5) is 0 Å². The monoisotopic (exact) mass is 197 g/mol. The normalized spacial score (nSPS) is 33.6. The molecule has 0 amide bonds. The Balaban J connectivity index is 2.48. The lowest BCUT2D eigenvalue weighted by atomic mass is 9.68. The van der Waals surface area contributed by atoms with Gasteiger partial charge >= 0.3 is 0 Å². The van der Waals surface area contributed by atoms with Gasteiger partial charge in [-0.15, -0.1) is 0 Å². The minimum Gasteiger partial charge on any atom is -0.330 e. The van der Waals surface area contributed by atoms with Gasteiger partial charge in [0.25, 0.3) is 0 Å². The molecule has 0 aromatic carbocycles. The van der Waals surface area contributed by atoms with E-state index in [0.29, 0.717) is 0 Å². The van der Waals surface area contributed by atoms with Crippen molar-refractivity contribution in [2.24, 2.45) is 29.4 Å². The van der Waals surface area contributed by atoms with Crippen molar-refractivity contribution in [2.45, 2.75) is 52.9 Å². The Bertz CT molecular complexity index is 153. The van der Waals surface area contributed by atoms with E-state index in [1.165, 1.54) is 32.1 Å². The molecule has 3 unspecified atom stereocenters. The zero-order valence-electron chi connectivity index (χ0n) is 10.1. The van der Waals surface area contributed by atoms with Crippen molar-refractivity contribution in [1.82, 2.24) is 0 Å². The second kappa shape index (κ2) is 5.75. The van der Waals surface area contributed by atoms with Gasteiger partial charge in [0.2, 0.25) is 0 Å². The lowest BCUT2D eigenvalue weighted by molar-refractivity contribution is 0.134. The highest BCUT2D eigenvalue weighted by atomic mass is 14.6. The van der Waals surface area contributed by atoms with Crippen LogP contribution in [0.1, 0.15) is 52.9 Å². The number of hydrogen-bond acceptors (Lipinski definition) is 1. The standard InChI is InChI=1S/C13H27N/c1-4-5-11-6-7-12(9-14)13(8-11)10(2)3/h10-13H,4-9,14H2,1-3H3. The number of hydrogen-bond donors (Lipinski definition) is 1. The van der Waals surface area contributed by atoms with Gasteiger partial charge in [-0.1, -0.05) is 40.0 Å². The molecule has 0 spiro atoms. The van der Waals surface area contributed by atoms with E-state index in [-0.39, 0.29) is 0 Å². The van der Waals surface area contributed by atoms with Gasteiger partial charge < -0.3 is 5.73 Å². The first-order valence-electron chi connectivity index (χ1n) is 6.39. The van der Waals surface area contributed by atoms with E-state index in [2.05, 4.69) is 20.8 Å². The van der Waals surface area contributed by atoms with Crippen molar-refractivity contribution in [3.8, 4) is 0 Å². The maximum Gasteiger partial charge on any atom is -0.00461 e. The Kier molecular flexibility index (Phi) is 4.94. The third kappa shape index (κ3) is 2.98. The minimum absolute atomic E-state index is 0.808. The van der Waals surface area contributed by atoms with Crippen molar-refractivity contribution in [3.63, 3.8) is 0 Å². The Morgan fingerprint density at radius 3 is 2.50 bits per heavy atom. The van der Waals surface area contributed by atoms with Gasteiger partial charge in [0.05, 0.1) is 0 Å². The Hall–Kier alpha value is -0.0400. The SMILES string of the molecule is CCCC1CCC(CN)C(C(C)C)C1. The Morgan fingerprint density at radius 1 is 1.29 bits per heavy atom. The summed E-state index contributed by atoms with van der Waals surface area (Å²) >= 11 is 0. The summed E-state index contributed by atoms with van der Waals surface area (Å²) in [7, 11) is 0. The smallest absolute Gasteiger partial charge is 0.00461 e. The fourth-order valence-corrected chi connectivity index (χ4v) is 3.14. The van der Waals surface area contributed by atoms with E-state index in [9.17, 15) is 0 Å². The fraction of sp³-hybridized carbons (Fsp3) is 1.00. The summed E-state index contributed by atoms with van der Waals surface area (Å²) in [6, 6.07) is 0. The number of nitrogens with two attached hydrogens (primary N) is 1. The molecule has 1 fully saturated rings. The predicted molar refractivity (Wildman–Crippen MR) is 63.1 cm³/mol. The van der Waals surface area contributed by atoms with Crippen LogP contribution in [0.15, 0.2) is 0 Å². The molecule has 84 valence electrons. The van der Waals surface area contributed by atoms with E-state index < -0.39 is 0 Å². The molecular weight excluding hydrogens is 170 g/mol. The van der Waals surface area contributed by atoms with Gasteiger partial charge in [0.15, 0.2) is 0 Å². The molecule has 0 heterocycles. The summed E-state index contributed by atoms with van der Waals surface area (Å²) in [5.41, 5.74) is 5.85. The number of rotatable bonds is 4. The van der Waals surface area contributed by atoms with Gasteiger partial charge in [0, 0.05) is 0 Å².